The number of hydrogen-bond donors (Lipinski definition) is 1. The molecule has 35 heavy (non-hydrogen) atoms. The number of carbonyl (C=O) groups is 1. The van der Waals surface area contributed by atoms with E-state index in [1.807, 2.05) is 0 Å². The number of H-pyrrole nitrogens is 1. The van der Waals surface area contributed by atoms with Crippen LogP contribution in [0.3, 0.4) is 0 Å². The summed E-state index contributed by atoms with van der Waals surface area (Å²) in [4.78, 5) is 32.9. The molecule has 0 radical (unpaired) electrons. The molecule has 8 nitrogen and oxygen atoms in total. The molecule has 0 saturated carbocycles. The van der Waals surface area contributed by atoms with Crippen molar-refractivity contribution >= 4 is 39.4 Å². The van der Waals surface area contributed by atoms with Crippen LogP contribution in [-0.2, 0) is 22.5 Å². The Morgan fingerprint density at radius 3 is 2.60 bits per heavy atom. The first-order valence-corrected chi connectivity index (χ1v) is 11.2. The molecule has 4 rings (SSSR count). The lowest BCUT2D eigenvalue weighted by molar-refractivity contribution is -0.155. The number of aromatic amines is 1. The largest absolute Gasteiger partial charge is 0.486 e. The van der Waals surface area contributed by atoms with Crippen LogP contribution in [0.1, 0.15) is 32.3 Å². The molecule has 0 aliphatic rings. The SMILES string of the molecule is CC(C)(C)OC(=O)Cn1nc(Cc2nc3cc(Cl)c(OCC(F)F)cc3[nH]2)c2ccccc2c1=O. The summed E-state index contributed by atoms with van der Waals surface area (Å²) < 4.78 is 36.5. The maximum atomic E-state index is 12.9. The summed E-state index contributed by atoms with van der Waals surface area (Å²) in [5.41, 5.74) is 0.463. The summed E-state index contributed by atoms with van der Waals surface area (Å²) in [5, 5.41) is 5.62. The second kappa shape index (κ2) is 9.61. The van der Waals surface area contributed by atoms with Gasteiger partial charge in [-0.25, -0.2) is 18.4 Å². The maximum absolute atomic E-state index is 12.9. The number of ether oxygens (including phenoxy) is 2. The molecule has 2 heterocycles. The highest BCUT2D eigenvalue weighted by Gasteiger charge is 2.20. The number of esters is 1. The van der Waals surface area contributed by atoms with E-state index in [0.29, 0.717) is 33.3 Å². The Labute approximate surface area is 203 Å². The number of fused-ring (bicyclic) bond motifs is 2. The molecule has 2 aromatic heterocycles. The van der Waals surface area contributed by atoms with Crippen molar-refractivity contribution in [2.75, 3.05) is 6.61 Å². The van der Waals surface area contributed by atoms with Gasteiger partial charge in [-0.2, -0.15) is 5.10 Å². The van der Waals surface area contributed by atoms with Crippen molar-refractivity contribution in [1.29, 1.82) is 0 Å². The summed E-state index contributed by atoms with van der Waals surface area (Å²) >= 11 is 6.15. The van der Waals surface area contributed by atoms with Crippen LogP contribution in [-0.4, -0.2) is 44.4 Å². The van der Waals surface area contributed by atoms with Crippen LogP contribution < -0.4 is 10.3 Å². The summed E-state index contributed by atoms with van der Waals surface area (Å²) in [6, 6.07) is 9.98. The Morgan fingerprint density at radius 1 is 1.20 bits per heavy atom. The van der Waals surface area contributed by atoms with Crippen LogP contribution in [0.4, 0.5) is 8.78 Å². The number of imidazole rings is 1. The second-order valence-corrected chi connectivity index (χ2v) is 9.31. The Bertz CT molecular complexity index is 1460. The molecule has 0 bridgehead atoms. The first-order valence-electron chi connectivity index (χ1n) is 10.8. The van der Waals surface area contributed by atoms with E-state index in [9.17, 15) is 18.4 Å². The van der Waals surface area contributed by atoms with Gasteiger partial charge in [-0.05, 0) is 32.9 Å². The fourth-order valence-electron chi connectivity index (χ4n) is 3.61. The summed E-state index contributed by atoms with van der Waals surface area (Å²) in [5.74, 6) is 0.0365. The lowest BCUT2D eigenvalue weighted by Gasteiger charge is -2.19. The second-order valence-electron chi connectivity index (χ2n) is 8.90. The summed E-state index contributed by atoms with van der Waals surface area (Å²) in [6.07, 6.45) is -2.43. The molecule has 2 aromatic carbocycles. The molecule has 184 valence electrons. The summed E-state index contributed by atoms with van der Waals surface area (Å²) in [7, 11) is 0. The molecule has 0 atom stereocenters. The molecule has 0 fully saturated rings. The van der Waals surface area contributed by atoms with Gasteiger partial charge < -0.3 is 14.5 Å². The lowest BCUT2D eigenvalue weighted by Crippen LogP contribution is -2.32. The van der Waals surface area contributed by atoms with Crippen LogP contribution in [0.5, 0.6) is 5.75 Å². The monoisotopic (exact) mass is 504 g/mol. The molecule has 0 spiro atoms. The third-order valence-electron chi connectivity index (χ3n) is 4.93. The van der Waals surface area contributed by atoms with Crippen molar-refractivity contribution in [3.8, 4) is 5.75 Å². The van der Waals surface area contributed by atoms with Crippen molar-refractivity contribution in [2.45, 2.75) is 45.8 Å². The topological polar surface area (TPSA) is 99.1 Å². The van der Waals surface area contributed by atoms with Crippen molar-refractivity contribution in [3.05, 3.63) is 63.3 Å². The molecule has 0 saturated heterocycles. The molecule has 0 aliphatic carbocycles. The predicted octanol–water partition coefficient (Wildman–Crippen LogP) is 4.50. The Balaban J connectivity index is 1.69. The normalized spacial score (nSPS) is 12.0. The van der Waals surface area contributed by atoms with Gasteiger partial charge >= 0.3 is 5.97 Å². The van der Waals surface area contributed by atoms with E-state index in [1.54, 1.807) is 45.0 Å². The number of carbonyl (C=O) groups excluding carboxylic acids is 1. The molecule has 1 N–H and O–H groups in total. The smallest absolute Gasteiger partial charge is 0.328 e. The van der Waals surface area contributed by atoms with E-state index in [2.05, 4.69) is 15.1 Å². The Kier molecular flexibility index (Phi) is 6.75. The first kappa shape index (κ1) is 24.6. The molecule has 11 heteroatoms. The number of alkyl halides is 2. The highest BCUT2D eigenvalue weighted by atomic mass is 35.5. The standard InChI is InChI=1S/C24H23ClF2N4O4/c1-24(2,3)35-22(32)11-31-23(33)14-7-5-4-6-13(14)16(30-31)10-21-28-17-8-15(25)19(9-18(17)29-21)34-12-20(26)27/h4-9,20H,10-12H2,1-3H3,(H,28,29). The zero-order valence-electron chi connectivity index (χ0n) is 19.3. The van der Waals surface area contributed by atoms with Gasteiger partial charge in [0.05, 0.1) is 33.6 Å². The summed E-state index contributed by atoms with van der Waals surface area (Å²) in [6.45, 7) is 4.11. The molecule has 0 unspecified atom stereocenters. The minimum absolute atomic E-state index is 0.115. The molecular weight excluding hydrogens is 482 g/mol. The van der Waals surface area contributed by atoms with Crippen LogP contribution in [0, 0.1) is 0 Å². The molecule has 0 aliphatic heterocycles. The van der Waals surface area contributed by atoms with Gasteiger partial charge in [-0.15, -0.1) is 0 Å². The fraction of sp³-hybridized carbons (Fsp3) is 0.333. The number of hydrogen-bond acceptors (Lipinski definition) is 6. The number of nitrogens with zero attached hydrogens (tertiary/aromatic N) is 3. The minimum atomic E-state index is -2.63. The van der Waals surface area contributed by atoms with Crippen LogP contribution in [0.15, 0.2) is 41.2 Å². The van der Waals surface area contributed by atoms with E-state index in [4.69, 9.17) is 21.1 Å². The van der Waals surface area contributed by atoms with Crippen molar-refractivity contribution in [2.24, 2.45) is 0 Å². The number of rotatable bonds is 7. The van der Waals surface area contributed by atoms with Crippen molar-refractivity contribution in [1.82, 2.24) is 19.7 Å². The van der Waals surface area contributed by atoms with Gasteiger partial charge in [0.2, 0.25) is 0 Å². The number of benzene rings is 2. The van der Waals surface area contributed by atoms with Gasteiger partial charge in [0.25, 0.3) is 12.0 Å². The average Bonchev–Trinajstić information content (AvgIpc) is 3.14. The quantitative estimate of drug-likeness (QED) is 0.372. The molecule has 0 amide bonds. The third kappa shape index (κ3) is 5.76. The average molecular weight is 505 g/mol. The maximum Gasteiger partial charge on any atom is 0.328 e. The molecule has 4 aromatic rings. The fourth-order valence-corrected chi connectivity index (χ4v) is 3.82. The third-order valence-corrected chi connectivity index (χ3v) is 5.22. The minimum Gasteiger partial charge on any atom is -0.486 e. The number of halogens is 3. The van der Waals surface area contributed by atoms with Crippen LogP contribution >= 0.6 is 11.6 Å². The van der Waals surface area contributed by atoms with E-state index in [0.717, 1.165) is 4.68 Å². The first-order chi connectivity index (χ1) is 16.5. The van der Waals surface area contributed by atoms with Gasteiger partial charge in [-0.1, -0.05) is 29.8 Å². The van der Waals surface area contributed by atoms with E-state index in [1.165, 1.54) is 12.1 Å². The van der Waals surface area contributed by atoms with Gasteiger partial charge in [0.15, 0.2) is 0 Å². The van der Waals surface area contributed by atoms with E-state index < -0.39 is 30.2 Å². The van der Waals surface area contributed by atoms with Gasteiger partial charge in [0.1, 0.15) is 30.3 Å². The zero-order valence-corrected chi connectivity index (χ0v) is 20.0. The van der Waals surface area contributed by atoms with Crippen molar-refractivity contribution < 1.29 is 23.0 Å². The van der Waals surface area contributed by atoms with Crippen LogP contribution in [0.2, 0.25) is 5.02 Å². The highest BCUT2D eigenvalue weighted by molar-refractivity contribution is 6.32. The Morgan fingerprint density at radius 2 is 1.91 bits per heavy atom. The van der Waals surface area contributed by atoms with E-state index in [-0.39, 0.29) is 23.7 Å². The van der Waals surface area contributed by atoms with Crippen molar-refractivity contribution in [3.63, 3.8) is 0 Å². The predicted molar refractivity (Wildman–Crippen MR) is 127 cm³/mol. The number of nitrogens with one attached hydrogen (secondary N) is 1. The lowest BCUT2D eigenvalue weighted by atomic mass is 10.1. The number of aromatic nitrogens is 4. The highest BCUT2D eigenvalue weighted by Crippen LogP contribution is 2.30. The van der Waals surface area contributed by atoms with Gasteiger partial charge in [-0.3, -0.25) is 9.59 Å². The molecular formula is C24H23ClF2N4O4. The zero-order chi connectivity index (χ0) is 25.3. The Hall–Kier alpha value is -3.53. The van der Waals surface area contributed by atoms with E-state index >= 15 is 0 Å². The van der Waals surface area contributed by atoms with Crippen LogP contribution in [0.25, 0.3) is 21.8 Å². The van der Waals surface area contributed by atoms with Gasteiger partial charge in [0, 0.05) is 11.5 Å².